The monoisotopic (exact) mass is 396 g/mol. The van der Waals surface area contributed by atoms with E-state index >= 15 is 0 Å². The van der Waals surface area contributed by atoms with Gasteiger partial charge in [-0.1, -0.05) is 40.2 Å². The fraction of sp³-hybridized carbons (Fsp3) is 0.133. The molecule has 2 amide bonds. The molecule has 0 aromatic heterocycles. The van der Waals surface area contributed by atoms with Crippen LogP contribution >= 0.6 is 31.9 Å². The van der Waals surface area contributed by atoms with Crippen LogP contribution in [0.3, 0.4) is 0 Å². The Morgan fingerprint density at radius 3 is 2.65 bits per heavy atom. The van der Waals surface area contributed by atoms with E-state index in [1.54, 1.807) is 0 Å². The second-order valence-electron chi connectivity index (χ2n) is 4.36. The fourth-order valence-electron chi connectivity index (χ4n) is 1.74. The first kappa shape index (κ1) is 15.1. The molecule has 3 nitrogen and oxygen atoms in total. The van der Waals surface area contributed by atoms with Crippen LogP contribution in [0, 0.1) is 6.92 Å². The van der Waals surface area contributed by atoms with Gasteiger partial charge < -0.3 is 10.6 Å². The van der Waals surface area contributed by atoms with Gasteiger partial charge in [0.15, 0.2) is 0 Å². The molecule has 0 fully saturated rings. The fourth-order valence-corrected chi connectivity index (χ4v) is 2.45. The molecular formula is C15H14Br2N2O. The van der Waals surface area contributed by atoms with Gasteiger partial charge in [-0.25, -0.2) is 4.79 Å². The highest BCUT2D eigenvalue weighted by Crippen LogP contribution is 2.26. The summed E-state index contributed by atoms with van der Waals surface area (Å²) in [7, 11) is 0. The maximum Gasteiger partial charge on any atom is 0.319 e. The van der Waals surface area contributed by atoms with Crippen molar-refractivity contribution in [1.82, 2.24) is 5.32 Å². The molecule has 0 atom stereocenters. The van der Waals surface area contributed by atoms with Crippen LogP contribution in [-0.2, 0) is 6.54 Å². The predicted octanol–water partition coefficient (Wildman–Crippen LogP) is 4.84. The number of nitrogens with one attached hydrogen (secondary N) is 2. The minimum absolute atomic E-state index is 0.230. The highest BCUT2D eigenvalue weighted by atomic mass is 79.9. The first-order valence-electron chi connectivity index (χ1n) is 6.10. The van der Waals surface area contributed by atoms with E-state index in [9.17, 15) is 4.79 Å². The van der Waals surface area contributed by atoms with E-state index in [4.69, 9.17) is 0 Å². The number of carbonyl (C=O) groups excluding carboxylic acids is 1. The smallest absolute Gasteiger partial charge is 0.319 e. The zero-order valence-corrected chi connectivity index (χ0v) is 14.1. The molecule has 0 saturated heterocycles. The van der Waals surface area contributed by atoms with Gasteiger partial charge in [0, 0.05) is 15.5 Å². The number of hydrogen-bond acceptors (Lipinski definition) is 1. The van der Waals surface area contributed by atoms with Crippen molar-refractivity contribution >= 4 is 43.6 Å². The van der Waals surface area contributed by atoms with Crippen LogP contribution in [-0.4, -0.2) is 6.03 Å². The number of amides is 2. The summed E-state index contributed by atoms with van der Waals surface area (Å²) in [5.74, 6) is 0. The van der Waals surface area contributed by atoms with Gasteiger partial charge in [-0.2, -0.15) is 0 Å². The summed E-state index contributed by atoms with van der Waals surface area (Å²) >= 11 is 6.78. The van der Waals surface area contributed by atoms with Gasteiger partial charge in [-0.3, -0.25) is 0 Å². The van der Waals surface area contributed by atoms with Crippen molar-refractivity contribution in [3.63, 3.8) is 0 Å². The zero-order chi connectivity index (χ0) is 14.5. The third-order valence-electron chi connectivity index (χ3n) is 2.88. The summed E-state index contributed by atoms with van der Waals surface area (Å²) in [6.45, 7) is 2.53. The van der Waals surface area contributed by atoms with Crippen LogP contribution in [0.25, 0.3) is 0 Å². The lowest BCUT2D eigenvalue weighted by atomic mass is 10.1. The van der Waals surface area contributed by atoms with E-state index < -0.39 is 0 Å². The van der Waals surface area contributed by atoms with E-state index in [1.807, 2.05) is 49.4 Å². The van der Waals surface area contributed by atoms with Gasteiger partial charge >= 0.3 is 6.03 Å². The van der Waals surface area contributed by atoms with Crippen LogP contribution in [0.15, 0.2) is 51.4 Å². The van der Waals surface area contributed by atoms with Gasteiger partial charge in [0.2, 0.25) is 0 Å². The quantitative estimate of drug-likeness (QED) is 0.764. The van der Waals surface area contributed by atoms with Crippen molar-refractivity contribution in [2.24, 2.45) is 0 Å². The summed E-state index contributed by atoms with van der Waals surface area (Å²) in [6, 6.07) is 13.4. The third kappa shape index (κ3) is 4.08. The molecule has 2 rings (SSSR count). The lowest BCUT2D eigenvalue weighted by Gasteiger charge is -2.10. The second-order valence-corrected chi connectivity index (χ2v) is 6.13. The highest BCUT2D eigenvalue weighted by Gasteiger charge is 2.06. The maximum atomic E-state index is 11.9. The van der Waals surface area contributed by atoms with E-state index in [1.165, 1.54) is 0 Å². The first-order chi connectivity index (χ1) is 9.56. The van der Waals surface area contributed by atoms with Crippen molar-refractivity contribution < 1.29 is 4.79 Å². The van der Waals surface area contributed by atoms with E-state index in [0.29, 0.717) is 6.54 Å². The Bertz CT molecular complexity index is 629. The molecular weight excluding hydrogens is 384 g/mol. The first-order valence-corrected chi connectivity index (χ1v) is 7.69. The standard InChI is InChI=1S/C15H14Br2N2O/c1-10-4-2-3-5-11(10)9-18-15(20)19-14-8-12(16)6-7-13(14)17/h2-8H,9H2,1H3,(H2,18,19,20). The number of anilines is 1. The minimum atomic E-state index is -0.230. The topological polar surface area (TPSA) is 41.1 Å². The van der Waals surface area contributed by atoms with Crippen LogP contribution in [0.2, 0.25) is 0 Å². The van der Waals surface area contributed by atoms with E-state index in [0.717, 1.165) is 25.8 Å². The summed E-state index contributed by atoms with van der Waals surface area (Å²) in [4.78, 5) is 11.9. The summed E-state index contributed by atoms with van der Waals surface area (Å²) in [5.41, 5.74) is 2.99. The Hall–Kier alpha value is -1.33. The maximum absolute atomic E-state index is 11.9. The van der Waals surface area contributed by atoms with Crippen LogP contribution in [0.1, 0.15) is 11.1 Å². The molecule has 5 heteroatoms. The number of carbonyl (C=O) groups is 1. The SMILES string of the molecule is Cc1ccccc1CNC(=O)Nc1cc(Br)ccc1Br. The van der Waals surface area contributed by atoms with Crippen LogP contribution in [0.4, 0.5) is 10.5 Å². The molecule has 0 bridgehead atoms. The van der Waals surface area contributed by atoms with Gasteiger partial charge in [0.1, 0.15) is 0 Å². The van der Waals surface area contributed by atoms with E-state index in [-0.39, 0.29) is 6.03 Å². The predicted molar refractivity (Wildman–Crippen MR) is 88.9 cm³/mol. The minimum Gasteiger partial charge on any atom is -0.334 e. The Morgan fingerprint density at radius 1 is 1.15 bits per heavy atom. The lowest BCUT2D eigenvalue weighted by Crippen LogP contribution is -2.28. The molecule has 2 aromatic carbocycles. The molecule has 0 spiro atoms. The normalized spacial score (nSPS) is 10.2. The number of urea groups is 1. The Kier molecular flexibility index (Phi) is 5.20. The molecule has 0 heterocycles. The average Bonchev–Trinajstić information content (AvgIpc) is 2.42. The molecule has 0 radical (unpaired) electrons. The Balaban J connectivity index is 1.96. The van der Waals surface area contributed by atoms with Gasteiger partial charge in [-0.05, 0) is 52.2 Å². The van der Waals surface area contributed by atoms with Crippen molar-refractivity contribution in [3.05, 3.63) is 62.5 Å². The Morgan fingerprint density at radius 2 is 1.90 bits per heavy atom. The average molecular weight is 398 g/mol. The summed E-state index contributed by atoms with van der Waals surface area (Å²) in [6.07, 6.45) is 0. The largest absolute Gasteiger partial charge is 0.334 e. The van der Waals surface area contributed by atoms with Crippen molar-refractivity contribution in [1.29, 1.82) is 0 Å². The number of rotatable bonds is 3. The zero-order valence-electron chi connectivity index (χ0n) is 10.9. The molecule has 0 aliphatic heterocycles. The summed E-state index contributed by atoms with van der Waals surface area (Å²) < 4.78 is 1.75. The van der Waals surface area contributed by atoms with Crippen molar-refractivity contribution in [3.8, 4) is 0 Å². The molecule has 2 N–H and O–H groups in total. The molecule has 104 valence electrons. The number of halogens is 2. The lowest BCUT2D eigenvalue weighted by molar-refractivity contribution is 0.251. The second kappa shape index (κ2) is 6.90. The third-order valence-corrected chi connectivity index (χ3v) is 4.06. The van der Waals surface area contributed by atoms with E-state index in [2.05, 4.69) is 42.5 Å². The number of aryl methyl sites for hydroxylation is 1. The summed E-state index contributed by atoms with van der Waals surface area (Å²) in [5, 5.41) is 5.66. The molecule has 0 saturated carbocycles. The Labute approximate surface area is 135 Å². The molecule has 0 unspecified atom stereocenters. The van der Waals surface area contributed by atoms with Crippen molar-refractivity contribution in [2.45, 2.75) is 13.5 Å². The van der Waals surface area contributed by atoms with Gasteiger partial charge in [0.25, 0.3) is 0 Å². The molecule has 2 aromatic rings. The molecule has 20 heavy (non-hydrogen) atoms. The van der Waals surface area contributed by atoms with Gasteiger partial charge in [-0.15, -0.1) is 0 Å². The van der Waals surface area contributed by atoms with Crippen LogP contribution in [0.5, 0.6) is 0 Å². The van der Waals surface area contributed by atoms with Crippen molar-refractivity contribution in [2.75, 3.05) is 5.32 Å². The number of hydrogen-bond donors (Lipinski definition) is 2. The van der Waals surface area contributed by atoms with Gasteiger partial charge in [0.05, 0.1) is 5.69 Å². The molecule has 0 aliphatic rings. The highest BCUT2D eigenvalue weighted by molar-refractivity contribution is 9.11. The molecule has 0 aliphatic carbocycles. The number of benzene rings is 2. The van der Waals surface area contributed by atoms with Crippen LogP contribution < -0.4 is 10.6 Å².